The minimum Gasteiger partial charge on any atom is -0.355 e. The predicted molar refractivity (Wildman–Crippen MR) is 117 cm³/mol. The van der Waals surface area contributed by atoms with Crippen LogP contribution in [0, 0.1) is 11.8 Å². The van der Waals surface area contributed by atoms with Gasteiger partial charge in [-0.25, -0.2) is 0 Å². The molecule has 2 saturated heterocycles. The lowest BCUT2D eigenvalue weighted by atomic mass is 9.88. The second kappa shape index (κ2) is 13.6. The molecule has 1 unspecified atom stereocenters. The molecule has 1 atom stereocenters. The summed E-state index contributed by atoms with van der Waals surface area (Å²) in [4.78, 5) is 29.0. The van der Waals surface area contributed by atoms with Gasteiger partial charge >= 0.3 is 0 Å². The van der Waals surface area contributed by atoms with Gasteiger partial charge in [-0.05, 0) is 44.7 Å². The smallest absolute Gasteiger partial charge is 0.225 e. The van der Waals surface area contributed by atoms with Crippen molar-refractivity contribution >= 4 is 36.6 Å². The lowest BCUT2D eigenvalue weighted by Gasteiger charge is -2.37. The molecule has 2 amide bonds. The van der Waals surface area contributed by atoms with E-state index in [1.165, 1.54) is 25.7 Å². The third kappa shape index (κ3) is 8.05. The van der Waals surface area contributed by atoms with E-state index in [4.69, 9.17) is 0 Å². The van der Waals surface area contributed by atoms with Gasteiger partial charge in [-0.2, -0.15) is 0 Å². The molecule has 1 aliphatic carbocycles. The van der Waals surface area contributed by atoms with Crippen LogP contribution in [0.2, 0.25) is 0 Å². The molecule has 8 heteroatoms. The molecule has 0 bridgehead atoms. The first-order valence-corrected chi connectivity index (χ1v) is 10.7. The highest BCUT2D eigenvalue weighted by Crippen LogP contribution is 2.25. The summed E-state index contributed by atoms with van der Waals surface area (Å²) >= 11 is 0. The summed E-state index contributed by atoms with van der Waals surface area (Å²) in [6, 6.07) is 0. The molecule has 0 radical (unpaired) electrons. The number of hydrogen-bond donors (Lipinski definition) is 2. The number of amides is 2. The quantitative estimate of drug-likeness (QED) is 0.640. The van der Waals surface area contributed by atoms with Crippen LogP contribution >= 0.6 is 24.8 Å². The summed E-state index contributed by atoms with van der Waals surface area (Å²) in [5, 5.41) is 6.41. The number of carbonyl (C=O) groups excluding carboxylic acids is 2. The normalized spacial score (nSPS) is 23.6. The topological polar surface area (TPSA) is 64.7 Å². The Bertz CT molecular complexity index is 461. The summed E-state index contributed by atoms with van der Waals surface area (Å²) in [6.45, 7) is 7.33. The fourth-order valence-electron chi connectivity index (χ4n) is 4.54. The van der Waals surface area contributed by atoms with Crippen LogP contribution in [0.15, 0.2) is 0 Å². The number of piperazine rings is 1. The van der Waals surface area contributed by atoms with Crippen LogP contribution in [0.1, 0.15) is 51.4 Å². The van der Waals surface area contributed by atoms with E-state index in [2.05, 4.69) is 20.4 Å². The van der Waals surface area contributed by atoms with Crippen LogP contribution in [-0.4, -0.2) is 74.0 Å². The molecule has 0 spiro atoms. The van der Waals surface area contributed by atoms with E-state index < -0.39 is 0 Å². The highest BCUT2D eigenvalue weighted by molar-refractivity contribution is 5.85. The maximum Gasteiger partial charge on any atom is 0.225 e. The molecule has 2 aliphatic heterocycles. The molecule has 3 aliphatic rings. The predicted octanol–water partition coefficient (Wildman–Crippen LogP) is 2.06. The summed E-state index contributed by atoms with van der Waals surface area (Å²) in [5.41, 5.74) is 0. The maximum absolute atomic E-state index is 12.6. The largest absolute Gasteiger partial charge is 0.355 e. The third-order valence-electron chi connectivity index (χ3n) is 6.33. The fourth-order valence-corrected chi connectivity index (χ4v) is 4.54. The van der Waals surface area contributed by atoms with E-state index >= 15 is 0 Å². The molecule has 28 heavy (non-hydrogen) atoms. The van der Waals surface area contributed by atoms with Crippen molar-refractivity contribution in [2.45, 2.75) is 51.4 Å². The fraction of sp³-hybridized carbons (Fsp3) is 0.900. The van der Waals surface area contributed by atoms with Crippen LogP contribution in [0.3, 0.4) is 0 Å². The highest BCUT2D eigenvalue weighted by Gasteiger charge is 2.28. The van der Waals surface area contributed by atoms with Gasteiger partial charge in [0.05, 0.1) is 0 Å². The molecule has 2 heterocycles. The Balaban J connectivity index is 0.00000196. The second-order valence-electron chi connectivity index (χ2n) is 8.25. The molecule has 6 nitrogen and oxygen atoms in total. The number of rotatable bonds is 7. The van der Waals surface area contributed by atoms with E-state index in [1.54, 1.807) is 0 Å². The minimum absolute atomic E-state index is 0. The minimum atomic E-state index is 0. The van der Waals surface area contributed by atoms with Crippen molar-refractivity contribution in [2.75, 3.05) is 52.4 Å². The molecule has 1 saturated carbocycles. The van der Waals surface area contributed by atoms with Crippen molar-refractivity contribution < 1.29 is 9.59 Å². The summed E-state index contributed by atoms with van der Waals surface area (Å²) in [7, 11) is 0. The molecule has 2 N–H and O–H groups in total. The summed E-state index contributed by atoms with van der Waals surface area (Å²) < 4.78 is 0. The first-order valence-electron chi connectivity index (χ1n) is 10.7. The summed E-state index contributed by atoms with van der Waals surface area (Å²) in [5.74, 6) is 1.53. The van der Waals surface area contributed by atoms with Crippen molar-refractivity contribution in [3.05, 3.63) is 0 Å². The Kier molecular flexibility index (Phi) is 12.4. The Morgan fingerprint density at radius 1 is 0.964 bits per heavy atom. The standard InChI is InChI=1S/C20H36N4O2.2ClH/c25-19(7-6-17-8-9-21-16-17)22-10-11-23-12-14-24(15-13-23)20(26)18-4-2-1-3-5-18;;/h17-18,21H,1-16H2,(H,22,25);2*1H. The average Bonchev–Trinajstić information content (AvgIpc) is 3.21. The van der Waals surface area contributed by atoms with Crippen LogP contribution < -0.4 is 10.6 Å². The van der Waals surface area contributed by atoms with Crippen LogP contribution in [-0.2, 0) is 9.59 Å². The molecule has 0 aromatic carbocycles. The number of carbonyl (C=O) groups is 2. The average molecular weight is 437 g/mol. The van der Waals surface area contributed by atoms with Crippen molar-refractivity contribution in [1.82, 2.24) is 20.4 Å². The molecule has 164 valence electrons. The lowest BCUT2D eigenvalue weighted by Crippen LogP contribution is -2.51. The van der Waals surface area contributed by atoms with Gasteiger partial charge in [-0.15, -0.1) is 24.8 Å². The zero-order valence-corrected chi connectivity index (χ0v) is 18.6. The number of halogens is 2. The molecule has 0 aromatic heterocycles. The Labute approximate surface area is 182 Å². The Morgan fingerprint density at radius 3 is 2.32 bits per heavy atom. The highest BCUT2D eigenvalue weighted by atomic mass is 35.5. The molecule has 0 aromatic rings. The van der Waals surface area contributed by atoms with Gasteiger partial charge in [0, 0.05) is 51.6 Å². The Hall–Kier alpha value is -0.560. The van der Waals surface area contributed by atoms with E-state index in [1.807, 2.05) is 0 Å². The van der Waals surface area contributed by atoms with Gasteiger partial charge in [-0.1, -0.05) is 19.3 Å². The molecular formula is C20H38Cl2N4O2. The van der Waals surface area contributed by atoms with Gasteiger partial charge in [0.15, 0.2) is 0 Å². The van der Waals surface area contributed by atoms with Crippen molar-refractivity contribution in [3.63, 3.8) is 0 Å². The van der Waals surface area contributed by atoms with Gasteiger partial charge in [-0.3, -0.25) is 14.5 Å². The second-order valence-corrected chi connectivity index (χ2v) is 8.25. The summed E-state index contributed by atoms with van der Waals surface area (Å²) in [6.07, 6.45) is 8.75. The Morgan fingerprint density at radius 2 is 1.68 bits per heavy atom. The maximum atomic E-state index is 12.6. The first kappa shape index (κ1) is 25.5. The van der Waals surface area contributed by atoms with E-state index in [-0.39, 0.29) is 36.6 Å². The molecule has 3 rings (SSSR count). The zero-order valence-electron chi connectivity index (χ0n) is 17.0. The van der Waals surface area contributed by atoms with Crippen LogP contribution in [0.25, 0.3) is 0 Å². The molecule has 3 fully saturated rings. The van der Waals surface area contributed by atoms with E-state index in [9.17, 15) is 9.59 Å². The molecular weight excluding hydrogens is 399 g/mol. The SMILES string of the molecule is Cl.Cl.O=C(CCC1CCNC1)NCCN1CCN(C(=O)C2CCCCC2)CC1. The lowest BCUT2D eigenvalue weighted by molar-refractivity contribution is -0.138. The number of nitrogens with one attached hydrogen (secondary N) is 2. The third-order valence-corrected chi connectivity index (χ3v) is 6.33. The van der Waals surface area contributed by atoms with Crippen molar-refractivity contribution in [1.29, 1.82) is 0 Å². The number of hydrogen-bond acceptors (Lipinski definition) is 4. The monoisotopic (exact) mass is 436 g/mol. The van der Waals surface area contributed by atoms with Gasteiger partial charge < -0.3 is 15.5 Å². The van der Waals surface area contributed by atoms with Gasteiger partial charge in [0.2, 0.25) is 11.8 Å². The van der Waals surface area contributed by atoms with Gasteiger partial charge in [0.1, 0.15) is 0 Å². The van der Waals surface area contributed by atoms with Crippen LogP contribution in [0.4, 0.5) is 0 Å². The van der Waals surface area contributed by atoms with Crippen molar-refractivity contribution in [3.8, 4) is 0 Å². The van der Waals surface area contributed by atoms with Crippen molar-refractivity contribution in [2.24, 2.45) is 11.8 Å². The van der Waals surface area contributed by atoms with E-state index in [0.717, 1.165) is 71.6 Å². The zero-order chi connectivity index (χ0) is 18.2. The van der Waals surface area contributed by atoms with E-state index in [0.29, 0.717) is 18.2 Å². The van der Waals surface area contributed by atoms with Crippen LogP contribution in [0.5, 0.6) is 0 Å². The number of nitrogens with zero attached hydrogens (tertiary/aromatic N) is 2. The van der Waals surface area contributed by atoms with Gasteiger partial charge in [0.25, 0.3) is 0 Å². The first-order chi connectivity index (χ1) is 12.7.